The molecular weight excluding hydrogens is 256 g/mol. The van der Waals surface area contributed by atoms with Gasteiger partial charge in [0.25, 0.3) is 0 Å². The predicted octanol–water partition coefficient (Wildman–Crippen LogP) is 3.29. The molecule has 1 aromatic carbocycles. The molecule has 0 spiro atoms. The van der Waals surface area contributed by atoms with Crippen molar-refractivity contribution in [3.63, 3.8) is 0 Å². The van der Waals surface area contributed by atoms with Gasteiger partial charge in [0.1, 0.15) is 5.75 Å². The molecule has 0 saturated heterocycles. The summed E-state index contributed by atoms with van der Waals surface area (Å²) in [5.74, 6) is 0.855. The monoisotopic (exact) mass is 274 g/mol. The van der Waals surface area contributed by atoms with Gasteiger partial charge >= 0.3 is 0 Å². The molecule has 1 aliphatic heterocycles. The number of nitrogens with two attached hydrogens (primary N) is 1. The van der Waals surface area contributed by atoms with E-state index in [2.05, 4.69) is 22.4 Å². The number of ether oxygens (including phenoxy) is 1. The topological polar surface area (TPSA) is 38.5 Å². The summed E-state index contributed by atoms with van der Waals surface area (Å²) in [5, 5.41) is 2.18. The van der Waals surface area contributed by atoms with Gasteiger partial charge in [-0.25, -0.2) is 0 Å². The third kappa shape index (κ3) is 2.54. The van der Waals surface area contributed by atoms with Gasteiger partial charge in [-0.1, -0.05) is 0 Å². The molecule has 0 fully saturated rings. The van der Waals surface area contributed by atoms with Gasteiger partial charge in [-0.2, -0.15) is 0 Å². The van der Waals surface area contributed by atoms with Gasteiger partial charge in [0.15, 0.2) is 0 Å². The number of thiophene rings is 1. The SMILES string of the molecule is CCOc1cc(N)cc(N2CCc3sccc3C2)c1. The van der Waals surface area contributed by atoms with Crippen LogP contribution in [0, 0.1) is 0 Å². The summed E-state index contributed by atoms with van der Waals surface area (Å²) in [6, 6.07) is 8.21. The summed E-state index contributed by atoms with van der Waals surface area (Å²) in [7, 11) is 0. The third-order valence-electron chi connectivity index (χ3n) is 3.40. The van der Waals surface area contributed by atoms with E-state index >= 15 is 0 Å². The Hall–Kier alpha value is -1.68. The maximum atomic E-state index is 5.97. The van der Waals surface area contributed by atoms with E-state index in [4.69, 9.17) is 10.5 Å². The quantitative estimate of drug-likeness (QED) is 0.873. The molecule has 19 heavy (non-hydrogen) atoms. The molecule has 2 N–H and O–H groups in total. The summed E-state index contributed by atoms with van der Waals surface area (Å²) in [6.07, 6.45) is 1.12. The molecule has 0 saturated carbocycles. The molecule has 0 aliphatic carbocycles. The lowest BCUT2D eigenvalue weighted by Gasteiger charge is -2.29. The average molecular weight is 274 g/mol. The Morgan fingerprint density at radius 2 is 2.26 bits per heavy atom. The van der Waals surface area contributed by atoms with Gasteiger partial charge in [0.05, 0.1) is 6.61 Å². The van der Waals surface area contributed by atoms with Crippen LogP contribution >= 0.6 is 11.3 Å². The maximum absolute atomic E-state index is 5.97. The average Bonchev–Trinajstić information content (AvgIpc) is 2.85. The van der Waals surface area contributed by atoms with Crippen molar-refractivity contribution in [1.82, 2.24) is 0 Å². The molecule has 0 amide bonds. The first-order valence-corrected chi connectivity index (χ1v) is 7.48. The van der Waals surface area contributed by atoms with Crippen molar-refractivity contribution in [3.05, 3.63) is 40.1 Å². The van der Waals surface area contributed by atoms with Crippen LogP contribution in [0.5, 0.6) is 5.75 Å². The highest BCUT2D eigenvalue weighted by Crippen LogP contribution is 2.31. The van der Waals surface area contributed by atoms with Crippen LogP contribution in [0.3, 0.4) is 0 Å². The molecule has 0 radical (unpaired) electrons. The van der Waals surface area contributed by atoms with E-state index in [0.29, 0.717) is 6.61 Å². The minimum absolute atomic E-state index is 0.664. The summed E-state index contributed by atoms with van der Waals surface area (Å²) < 4.78 is 5.57. The Bertz CT molecular complexity index is 579. The second-order valence-corrected chi connectivity index (χ2v) is 5.73. The fraction of sp³-hybridized carbons (Fsp3) is 0.333. The lowest BCUT2D eigenvalue weighted by atomic mass is 10.1. The molecule has 2 aromatic rings. The van der Waals surface area contributed by atoms with Crippen LogP contribution in [0.15, 0.2) is 29.6 Å². The molecule has 1 aromatic heterocycles. The van der Waals surface area contributed by atoms with Crippen molar-refractivity contribution in [2.24, 2.45) is 0 Å². The normalized spacial score (nSPS) is 14.3. The van der Waals surface area contributed by atoms with Crippen LogP contribution < -0.4 is 15.4 Å². The molecule has 100 valence electrons. The number of nitrogen functional groups attached to an aromatic ring is 1. The van der Waals surface area contributed by atoms with Crippen molar-refractivity contribution in [3.8, 4) is 5.75 Å². The second kappa shape index (κ2) is 5.13. The van der Waals surface area contributed by atoms with E-state index in [1.54, 1.807) is 0 Å². The van der Waals surface area contributed by atoms with Crippen molar-refractivity contribution < 1.29 is 4.74 Å². The van der Waals surface area contributed by atoms with Crippen molar-refractivity contribution in [2.45, 2.75) is 19.9 Å². The molecule has 1 aliphatic rings. The lowest BCUT2D eigenvalue weighted by Crippen LogP contribution is -2.29. The van der Waals surface area contributed by atoms with Gasteiger partial charge < -0.3 is 15.4 Å². The Labute approximate surface area is 117 Å². The lowest BCUT2D eigenvalue weighted by molar-refractivity contribution is 0.340. The number of fused-ring (bicyclic) bond motifs is 1. The van der Waals surface area contributed by atoms with Crippen LogP contribution in [0.1, 0.15) is 17.4 Å². The Balaban J connectivity index is 1.87. The summed E-state index contributed by atoms with van der Waals surface area (Å²) >= 11 is 1.86. The zero-order chi connectivity index (χ0) is 13.2. The molecule has 4 heteroatoms. The van der Waals surface area contributed by atoms with E-state index < -0.39 is 0 Å². The van der Waals surface area contributed by atoms with E-state index in [0.717, 1.165) is 36.6 Å². The second-order valence-electron chi connectivity index (χ2n) is 4.73. The highest BCUT2D eigenvalue weighted by Gasteiger charge is 2.18. The standard InChI is InChI=1S/C15H18N2OS/c1-2-18-14-8-12(16)7-13(9-14)17-5-3-15-11(10-17)4-6-19-15/h4,6-9H,2-3,5,10,16H2,1H3. The zero-order valence-corrected chi connectivity index (χ0v) is 11.9. The molecule has 0 unspecified atom stereocenters. The minimum Gasteiger partial charge on any atom is -0.494 e. The number of hydrogen-bond acceptors (Lipinski definition) is 4. The van der Waals surface area contributed by atoms with E-state index in [-0.39, 0.29) is 0 Å². The van der Waals surface area contributed by atoms with Crippen LogP contribution in [0.2, 0.25) is 0 Å². The molecule has 2 heterocycles. The number of anilines is 2. The number of hydrogen-bond donors (Lipinski definition) is 1. The van der Waals surface area contributed by atoms with Crippen LogP contribution in [0.25, 0.3) is 0 Å². The van der Waals surface area contributed by atoms with Crippen molar-refractivity contribution in [1.29, 1.82) is 0 Å². The number of nitrogens with zero attached hydrogens (tertiary/aromatic N) is 1. The Morgan fingerprint density at radius 1 is 1.37 bits per heavy atom. The molecule has 3 rings (SSSR count). The fourth-order valence-electron chi connectivity index (χ4n) is 2.51. The maximum Gasteiger partial charge on any atom is 0.123 e. The highest BCUT2D eigenvalue weighted by molar-refractivity contribution is 7.10. The first-order chi connectivity index (χ1) is 9.26. The summed E-state index contributed by atoms with van der Waals surface area (Å²) in [4.78, 5) is 3.89. The Morgan fingerprint density at radius 3 is 3.11 bits per heavy atom. The van der Waals surface area contributed by atoms with Crippen LogP contribution in [-0.2, 0) is 13.0 Å². The van der Waals surface area contributed by atoms with Crippen LogP contribution in [-0.4, -0.2) is 13.2 Å². The van der Waals surface area contributed by atoms with E-state index in [9.17, 15) is 0 Å². The van der Waals surface area contributed by atoms with Gasteiger partial charge in [-0.15, -0.1) is 11.3 Å². The van der Waals surface area contributed by atoms with Gasteiger partial charge in [0.2, 0.25) is 0 Å². The largest absolute Gasteiger partial charge is 0.494 e. The first kappa shape index (κ1) is 12.4. The predicted molar refractivity (Wildman–Crippen MR) is 81.1 cm³/mol. The molecular formula is C15H18N2OS. The van der Waals surface area contributed by atoms with Crippen molar-refractivity contribution >= 4 is 22.7 Å². The van der Waals surface area contributed by atoms with Gasteiger partial charge in [-0.05, 0) is 36.4 Å². The highest BCUT2D eigenvalue weighted by atomic mass is 32.1. The third-order valence-corrected chi connectivity index (χ3v) is 4.42. The smallest absolute Gasteiger partial charge is 0.123 e. The summed E-state index contributed by atoms with van der Waals surface area (Å²) in [6.45, 7) is 4.66. The summed E-state index contributed by atoms with van der Waals surface area (Å²) in [5.41, 5.74) is 9.32. The first-order valence-electron chi connectivity index (χ1n) is 6.60. The van der Waals surface area contributed by atoms with Crippen LogP contribution in [0.4, 0.5) is 11.4 Å². The van der Waals surface area contributed by atoms with Gasteiger partial charge in [0, 0.05) is 41.5 Å². The van der Waals surface area contributed by atoms with Gasteiger partial charge in [-0.3, -0.25) is 0 Å². The fourth-order valence-corrected chi connectivity index (χ4v) is 3.40. The molecule has 0 bridgehead atoms. The molecule has 0 atom stereocenters. The molecule has 3 nitrogen and oxygen atoms in total. The minimum atomic E-state index is 0.664. The number of rotatable bonds is 3. The zero-order valence-electron chi connectivity index (χ0n) is 11.1. The number of benzene rings is 1. The van der Waals surface area contributed by atoms with E-state index in [1.807, 2.05) is 30.4 Å². The van der Waals surface area contributed by atoms with Crippen molar-refractivity contribution in [2.75, 3.05) is 23.8 Å². The Kier molecular flexibility index (Phi) is 3.34. The van der Waals surface area contributed by atoms with E-state index in [1.165, 1.54) is 10.4 Å².